The molecule has 2 rings (SSSR count). The van der Waals surface area contributed by atoms with E-state index in [0.29, 0.717) is 5.69 Å². The van der Waals surface area contributed by atoms with Gasteiger partial charge in [-0.1, -0.05) is 0 Å². The van der Waals surface area contributed by atoms with Crippen LogP contribution in [0.4, 0.5) is 5.69 Å². The fourth-order valence-corrected chi connectivity index (χ4v) is 1.08. The van der Waals surface area contributed by atoms with Crippen LogP contribution in [0.25, 0.3) is 11.3 Å². The molecular weight excluding hydrogens is 180 g/mol. The Balaban J connectivity index is 2.54. The molecule has 0 aliphatic carbocycles. The third-order valence-corrected chi connectivity index (χ3v) is 1.79. The van der Waals surface area contributed by atoms with Crippen LogP contribution in [0.3, 0.4) is 0 Å². The molecule has 0 aliphatic rings. The number of aromatic nitrogens is 3. The molecule has 0 atom stereocenters. The van der Waals surface area contributed by atoms with E-state index in [0.717, 1.165) is 5.56 Å². The maximum absolute atomic E-state index is 10.9. The zero-order valence-corrected chi connectivity index (χ0v) is 7.27. The predicted octanol–water partition coefficient (Wildman–Crippen LogP) is 0.414. The van der Waals surface area contributed by atoms with Crippen molar-refractivity contribution in [3.05, 3.63) is 40.9 Å². The molecule has 0 saturated heterocycles. The van der Waals surface area contributed by atoms with Crippen LogP contribution in [0.5, 0.6) is 0 Å². The monoisotopic (exact) mass is 188 g/mol. The summed E-state index contributed by atoms with van der Waals surface area (Å²) in [5.41, 5.74) is 6.65. The Bertz CT molecular complexity index is 492. The Labute approximate surface area is 79.6 Å². The van der Waals surface area contributed by atoms with Crippen LogP contribution in [0, 0.1) is 0 Å². The van der Waals surface area contributed by atoms with E-state index < -0.39 is 0 Å². The highest BCUT2D eigenvalue weighted by atomic mass is 16.1. The van der Waals surface area contributed by atoms with Crippen molar-refractivity contribution in [3.63, 3.8) is 0 Å². The molecule has 0 radical (unpaired) electrons. The quantitative estimate of drug-likeness (QED) is 0.679. The number of aromatic amines is 1. The van der Waals surface area contributed by atoms with Gasteiger partial charge in [-0.2, -0.15) is 5.10 Å². The molecule has 0 fully saturated rings. The SMILES string of the molecule is Nc1cc(-c2cccnc2)n[nH]c1=O. The van der Waals surface area contributed by atoms with Crippen LogP contribution in [0.1, 0.15) is 0 Å². The third-order valence-electron chi connectivity index (χ3n) is 1.79. The number of nitrogen functional groups attached to an aromatic ring is 1. The summed E-state index contributed by atoms with van der Waals surface area (Å²) in [7, 11) is 0. The average Bonchev–Trinajstić information content (AvgIpc) is 2.23. The van der Waals surface area contributed by atoms with Gasteiger partial charge in [0, 0.05) is 18.0 Å². The van der Waals surface area contributed by atoms with Crippen molar-refractivity contribution < 1.29 is 0 Å². The highest BCUT2D eigenvalue weighted by molar-refractivity contribution is 5.60. The van der Waals surface area contributed by atoms with Gasteiger partial charge < -0.3 is 5.73 Å². The van der Waals surface area contributed by atoms with Gasteiger partial charge in [0.05, 0.1) is 5.69 Å². The van der Waals surface area contributed by atoms with Crippen LogP contribution in [-0.2, 0) is 0 Å². The number of anilines is 1. The predicted molar refractivity (Wildman–Crippen MR) is 52.5 cm³/mol. The van der Waals surface area contributed by atoms with Crippen molar-refractivity contribution in [2.75, 3.05) is 5.73 Å². The summed E-state index contributed by atoms with van der Waals surface area (Å²) in [5.74, 6) is 0. The zero-order chi connectivity index (χ0) is 9.97. The fraction of sp³-hybridized carbons (Fsp3) is 0. The maximum atomic E-state index is 10.9. The molecule has 0 amide bonds. The lowest BCUT2D eigenvalue weighted by Gasteiger charge is -1.99. The summed E-state index contributed by atoms with van der Waals surface area (Å²) < 4.78 is 0. The molecule has 0 bridgehead atoms. The second-order valence-electron chi connectivity index (χ2n) is 2.78. The number of hydrogen-bond acceptors (Lipinski definition) is 4. The number of nitrogens with zero attached hydrogens (tertiary/aromatic N) is 2. The van der Waals surface area contributed by atoms with E-state index in [9.17, 15) is 4.79 Å². The number of rotatable bonds is 1. The lowest BCUT2D eigenvalue weighted by molar-refractivity contribution is 0.998. The van der Waals surface area contributed by atoms with Crippen LogP contribution >= 0.6 is 0 Å². The van der Waals surface area contributed by atoms with E-state index in [-0.39, 0.29) is 11.2 Å². The molecule has 0 unspecified atom stereocenters. The standard InChI is InChI=1S/C9H8N4O/c10-7-4-8(12-13-9(7)14)6-2-1-3-11-5-6/h1-5H,(H2,10,12)(H,13,14). The molecule has 2 aromatic rings. The third kappa shape index (κ3) is 1.47. The number of nitrogens with two attached hydrogens (primary N) is 1. The van der Waals surface area contributed by atoms with Crippen molar-refractivity contribution in [3.8, 4) is 11.3 Å². The largest absolute Gasteiger partial charge is 0.394 e. The lowest BCUT2D eigenvalue weighted by Crippen LogP contribution is -2.13. The fourth-order valence-electron chi connectivity index (χ4n) is 1.08. The highest BCUT2D eigenvalue weighted by Crippen LogP contribution is 2.13. The van der Waals surface area contributed by atoms with Crippen LogP contribution in [-0.4, -0.2) is 15.2 Å². The summed E-state index contributed by atoms with van der Waals surface area (Å²) >= 11 is 0. The maximum Gasteiger partial charge on any atom is 0.287 e. The molecule has 0 saturated carbocycles. The van der Waals surface area contributed by atoms with Gasteiger partial charge in [-0.05, 0) is 18.2 Å². The molecule has 70 valence electrons. The summed E-state index contributed by atoms with van der Waals surface area (Å²) in [4.78, 5) is 14.9. The van der Waals surface area contributed by atoms with Gasteiger partial charge in [0.15, 0.2) is 0 Å². The zero-order valence-electron chi connectivity index (χ0n) is 7.27. The molecule has 2 aromatic heterocycles. The lowest BCUT2D eigenvalue weighted by atomic mass is 10.2. The first kappa shape index (κ1) is 8.43. The molecular formula is C9H8N4O. The Kier molecular flexibility index (Phi) is 1.98. The first-order valence-electron chi connectivity index (χ1n) is 4.03. The highest BCUT2D eigenvalue weighted by Gasteiger charge is 2.01. The molecule has 3 N–H and O–H groups in total. The van der Waals surface area contributed by atoms with E-state index >= 15 is 0 Å². The summed E-state index contributed by atoms with van der Waals surface area (Å²) in [5, 5.41) is 6.16. The van der Waals surface area contributed by atoms with E-state index in [4.69, 9.17) is 5.73 Å². The molecule has 2 heterocycles. The molecule has 0 spiro atoms. The van der Waals surface area contributed by atoms with Crippen molar-refractivity contribution >= 4 is 5.69 Å². The van der Waals surface area contributed by atoms with Gasteiger partial charge in [0.1, 0.15) is 5.69 Å². The number of pyridine rings is 1. The first-order valence-corrected chi connectivity index (χ1v) is 4.03. The van der Waals surface area contributed by atoms with Crippen molar-refractivity contribution in [1.82, 2.24) is 15.2 Å². The summed E-state index contributed by atoms with van der Waals surface area (Å²) in [6.45, 7) is 0. The Morgan fingerprint density at radius 2 is 2.29 bits per heavy atom. The molecule has 0 aliphatic heterocycles. The Hall–Kier alpha value is -2.17. The van der Waals surface area contributed by atoms with E-state index in [1.54, 1.807) is 18.5 Å². The Morgan fingerprint density at radius 1 is 1.43 bits per heavy atom. The minimum absolute atomic E-state index is 0.152. The minimum atomic E-state index is -0.377. The van der Waals surface area contributed by atoms with Crippen molar-refractivity contribution in [2.24, 2.45) is 0 Å². The van der Waals surface area contributed by atoms with Crippen molar-refractivity contribution in [1.29, 1.82) is 0 Å². The summed E-state index contributed by atoms with van der Waals surface area (Å²) in [6.07, 6.45) is 3.32. The normalized spacial score (nSPS) is 10.0. The van der Waals surface area contributed by atoms with E-state index in [1.807, 2.05) is 6.07 Å². The van der Waals surface area contributed by atoms with Gasteiger partial charge in [-0.25, -0.2) is 5.10 Å². The second kappa shape index (κ2) is 3.29. The number of hydrogen-bond donors (Lipinski definition) is 2. The molecule has 0 aromatic carbocycles. The second-order valence-corrected chi connectivity index (χ2v) is 2.78. The van der Waals surface area contributed by atoms with Gasteiger partial charge in [0.2, 0.25) is 0 Å². The van der Waals surface area contributed by atoms with Crippen LogP contribution < -0.4 is 11.3 Å². The first-order chi connectivity index (χ1) is 6.77. The average molecular weight is 188 g/mol. The van der Waals surface area contributed by atoms with Gasteiger partial charge in [0.25, 0.3) is 5.56 Å². The Morgan fingerprint density at radius 3 is 2.93 bits per heavy atom. The number of nitrogens with one attached hydrogen (secondary N) is 1. The summed E-state index contributed by atoms with van der Waals surface area (Å²) in [6, 6.07) is 5.15. The molecule has 5 nitrogen and oxygen atoms in total. The van der Waals surface area contributed by atoms with Crippen molar-refractivity contribution in [2.45, 2.75) is 0 Å². The van der Waals surface area contributed by atoms with Gasteiger partial charge in [-0.15, -0.1) is 0 Å². The van der Waals surface area contributed by atoms with Gasteiger partial charge in [-0.3, -0.25) is 9.78 Å². The smallest absolute Gasteiger partial charge is 0.287 e. The number of H-pyrrole nitrogens is 1. The minimum Gasteiger partial charge on any atom is -0.394 e. The van der Waals surface area contributed by atoms with Crippen LogP contribution in [0.2, 0.25) is 0 Å². The molecule has 5 heteroatoms. The van der Waals surface area contributed by atoms with Gasteiger partial charge >= 0.3 is 0 Å². The molecule has 14 heavy (non-hydrogen) atoms. The van der Waals surface area contributed by atoms with E-state index in [1.165, 1.54) is 6.07 Å². The van der Waals surface area contributed by atoms with Crippen LogP contribution in [0.15, 0.2) is 35.4 Å². The van der Waals surface area contributed by atoms with E-state index in [2.05, 4.69) is 15.2 Å². The topological polar surface area (TPSA) is 84.7 Å².